The normalized spacial score (nSPS) is 11.4. The van der Waals surface area contributed by atoms with Crippen LogP contribution in [0, 0.1) is 6.08 Å². The maximum absolute atomic E-state index is 3.06. The highest BCUT2D eigenvalue weighted by Gasteiger charge is 1.93. The van der Waals surface area contributed by atoms with E-state index in [1.54, 1.807) is 0 Å². The van der Waals surface area contributed by atoms with Gasteiger partial charge in [0.1, 0.15) is 0 Å². The smallest absolute Gasteiger partial charge is 0.0181 e. The average Bonchev–Trinajstić information content (AvgIpc) is 2.39. The van der Waals surface area contributed by atoms with Crippen LogP contribution in [-0.2, 0) is 0 Å². The summed E-state index contributed by atoms with van der Waals surface area (Å²) in [7, 11) is 0. The van der Waals surface area contributed by atoms with Crippen molar-refractivity contribution < 1.29 is 0 Å². The summed E-state index contributed by atoms with van der Waals surface area (Å²) in [6.07, 6.45) is 9.33. The molecule has 0 aliphatic heterocycles. The number of hydrogen-bond acceptors (Lipinski definition) is 0. The standard InChI is InChI=1S/C17H15/c1-2-8-16-11-6-7-12-17(16)14-13-15-9-4-3-5-10-15/h3-14H,1H3. The number of hydrogen-bond donors (Lipinski definition) is 0. The minimum Gasteiger partial charge on any atom is -0.0622 e. The van der Waals surface area contributed by atoms with Gasteiger partial charge in [0.15, 0.2) is 0 Å². The van der Waals surface area contributed by atoms with E-state index in [2.05, 4.69) is 48.6 Å². The van der Waals surface area contributed by atoms with Gasteiger partial charge in [-0.15, -0.1) is 0 Å². The summed E-state index contributed by atoms with van der Waals surface area (Å²) in [6, 6.07) is 18.6. The van der Waals surface area contributed by atoms with E-state index < -0.39 is 0 Å². The first-order chi connectivity index (χ1) is 8.40. The van der Waals surface area contributed by atoms with Gasteiger partial charge in [0, 0.05) is 0 Å². The Bertz CT molecular complexity index is 519. The van der Waals surface area contributed by atoms with Crippen LogP contribution < -0.4 is 0 Å². The Morgan fingerprint density at radius 1 is 0.765 bits per heavy atom. The molecule has 0 amide bonds. The van der Waals surface area contributed by atoms with Crippen LogP contribution in [0.4, 0.5) is 0 Å². The molecule has 0 heteroatoms. The summed E-state index contributed by atoms with van der Waals surface area (Å²) in [6.45, 7) is 1.91. The van der Waals surface area contributed by atoms with E-state index in [-0.39, 0.29) is 0 Å². The van der Waals surface area contributed by atoms with Crippen LogP contribution in [0.3, 0.4) is 0 Å². The lowest BCUT2D eigenvalue weighted by molar-refractivity contribution is 1.58. The first kappa shape index (κ1) is 11.4. The second-order valence-electron chi connectivity index (χ2n) is 3.81. The molecule has 0 aliphatic carbocycles. The van der Waals surface area contributed by atoms with Gasteiger partial charge >= 0.3 is 0 Å². The van der Waals surface area contributed by atoms with Crippen molar-refractivity contribution in [2.45, 2.75) is 6.92 Å². The van der Waals surface area contributed by atoms with Gasteiger partial charge in [-0.2, -0.15) is 0 Å². The average molecular weight is 219 g/mol. The predicted octanol–water partition coefficient (Wildman–Crippen LogP) is 4.69. The van der Waals surface area contributed by atoms with Crippen molar-refractivity contribution in [3.05, 3.63) is 77.4 Å². The molecule has 0 saturated carbocycles. The molecule has 0 spiro atoms. The molecule has 2 aromatic carbocycles. The SMILES string of the molecule is C[C]=Cc1ccccc1C=Cc1ccccc1. The molecule has 1 radical (unpaired) electrons. The highest BCUT2D eigenvalue weighted by molar-refractivity contribution is 5.74. The van der Waals surface area contributed by atoms with E-state index in [1.165, 1.54) is 16.7 Å². The monoisotopic (exact) mass is 219 g/mol. The van der Waals surface area contributed by atoms with Gasteiger partial charge in [0.05, 0.1) is 0 Å². The molecule has 0 aromatic heterocycles. The van der Waals surface area contributed by atoms with E-state index >= 15 is 0 Å². The third-order valence-electron chi connectivity index (χ3n) is 2.55. The minimum absolute atomic E-state index is 1.20. The summed E-state index contributed by atoms with van der Waals surface area (Å²) in [5.41, 5.74) is 3.62. The summed E-state index contributed by atoms with van der Waals surface area (Å²) < 4.78 is 0. The first-order valence-corrected chi connectivity index (χ1v) is 5.73. The summed E-state index contributed by atoms with van der Waals surface area (Å²) >= 11 is 0. The zero-order valence-electron chi connectivity index (χ0n) is 9.93. The first-order valence-electron chi connectivity index (χ1n) is 5.73. The van der Waals surface area contributed by atoms with Crippen molar-refractivity contribution in [2.75, 3.05) is 0 Å². The van der Waals surface area contributed by atoms with Crippen molar-refractivity contribution in [2.24, 2.45) is 0 Å². The van der Waals surface area contributed by atoms with Crippen molar-refractivity contribution >= 4 is 18.2 Å². The molecule has 0 aliphatic rings. The van der Waals surface area contributed by atoms with Crippen molar-refractivity contribution in [3.63, 3.8) is 0 Å². The fraction of sp³-hybridized carbons (Fsp3) is 0.0588. The maximum atomic E-state index is 3.06. The lowest BCUT2D eigenvalue weighted by atomic mass is 10.1. The van der Waals surface area contributed by atoms with Crippen LogP contribution in [0.25, 0.3) is 18.2 Å². The van der Waals surface area contributed by atoms with E-state index in [1.807, 2.05) is 37.3 Å². The molecule has 83 valence electrons. The molecule has 0 atom stereocenters. The fourth-order valence-electron chi connectivity index (χ4n) is 1.70. The lowest BCUT2D eigenvalue weighted by Crippen LogP contribution is -1.79. The topological polar surface area (TPSA) is 0 Å². The van der Waals surface area contributed by atoms with Gasteiger partial charge in [0.2, 0.25) is 0 Å². The molecule has 0 unspecified atom stereocenters. The molecule has 17 heavy (non-hydrogen) atoms. The molecule has 0 heterocycles. The Kier molecular flexibility index (Phi) is 3.93. The number of allylic oxidation sites excluding steroid dienone is 1. The Balaban J connectivity index is 2.27. The van der Waals surface area contributed by atoms with Crippen LogP contribution in [-0.4, -0.2) is 0 Å². The highest BCUT2D eigenvalue weighted by atomic mass is 14.0. The third-order valence-corrected chi connectivity index (χ3v) is 2.55. The fourth-order valence-corrected chi connectivity index (χ4v) is 1.70. The van der Waals surface area contributed by atoms with E-state index in [0.29, 0.717) is 0 Å². The second kappa shape index (κ2) is 5.86. The van der Waals surface area contributed by atoms with Crippen LogP contribution in [0.2, 0.25) is 0 Å². The minimum atomic E-state index is 1.20. The number of rotatable bonds is 3. The van der Waals surface area contributed by atoms with Gasteiger partial charge < -0.3 is 0 Å². The zero-order chi connectivity index (χ0) is 11.9. The summed E-state index contributed by atoms with van der Waals surface area (Å²) in [5, 5.41) is 0. The predicted molar refractivity (Wildman–Crippen MR) is 75.2 cm³/mol. The maximum Gasteiger partial charge on any atom is -0.0181 e. The van der Waals surface area contributed by atoms with E-state index in [4.69, 9.17) is 0 Å². The largest absolute Gasteiger partial charge is 0.0622 e. The van der Waals surface area contributed by atoms with E-state index in [9.17, 15) is 0 Å². The van der Waals surface area contributed by atoms with Gasteiger partial charge in [-0.05, 0) is 29.7 Å². The molecule has 0 bridgehead atoms. The molecule has 0 fully saturated rings. The molecule has 0 N–H and O–H groups in total. The summed E-state index contributed by atoms with van der Waals surface area (Å²) in [5.74, 6) is 0. The van der Waals surface area contributed by atoms with Gasteiger partial charge in [-0.1, -0.05) is 72.8 Å². The van der Waals surface area contributed by atoms with Crippen LogP contribution >= 0.6 is 0 Å². The Morgan fingerprint density at radius 3 is 2.12 bits per heavy atom. The molecule has 0 saturated heterocycles. The molecule has 0 nitrogen and oxygen atoms in total. The van der Waals surface area contributed by atoms with Crippen molar-refractivity contribution in [3.8, 4) is 0 Å². The van der Waals surface area contributed by atoms with Crippen LogP contribution in [0.1, 0.15) is 23.6 Å². The van der Waals surface area contributed by atoms with Gasteiger partial charge in [0.25, 0.3) is 0 Å². The highest BCUT2D eigenvalue weighted by Crippen LogP contribution is 2.14. The van der Waals surface area contributed by atoms with Gasteiger partial charge in [-0.25, -0.2) is 0 Å². The van der Waals surface area contributed by atoms with Crippen molar-refractivity contribution in [1.29, 1.82) is 0 Å². The lowest BCUT2D eigenvalue weighted by Gasteiger charge is -1.99. The Morgan fingerprint density at radius 2 is 1.41 bits per heavy atom. The molecule has 2 aromatic rings. The Hall–Kier alpha value is -2.08. The van der Waals surface area contributed by atoms with Crippen LogP contribution in [0.15, 0.2) is 54.6 Å². The zero-order valence-corrected chi connectivity index (χ0v) is 9.93. The third kappa shape index (κ3) is 3.18. The van der Waals surface area contributed by atoms with Crippen molar-refractivity contribution in [1.82, 2.24) is 0 Å². The quantitative estimate of drug-likeness (QED) is 0.657. The summed E-state index contributed by atoms with van der Waals surface area (Å²) in [4.78, 5) is 0. The number of benzene rings is 2. The van der Waals surface area contributed by atoms with Crippen LogP contribution in [0.5, 0.6) is 0 Å². The molecule has 2 rings (SSSR count). The molecular formula is C17H15. The van der Waals surface area contributed by atoms with Gasteiger partial charge in [-0.3, -0.25) is 0 Å². The Labute approximate surface area is 103 Å². The van der Waals surface area contributed by atoms with E-state index in [0.717, 1.165) is 0 Å². The molecular weight excluding hydrogens is 204 g/mol. The second-order valence-corrected chi connectivity index (χ2v) is 3.81.